The molecule has 3 heterocycles. The molecule has 0 unspecified atom stereocenters. The monoisotopic (exact) mass is 294 g/mol. The van der Waals surface area contributed by atoms with Gasteiger partial charge in [-0.25, -0.2) is 0 Å². The standard InChI is InChI=1S/C15H20ClN3O/c1-12(19-8-5-18(6-9-19)7-10-19)15(20)17-14-4-2-3-13(16)11-14/h2-4,11-12H,5-10H2,1H3/p+1/t12-/m1/s1. The lowest BCUT2D eigenvalue weighted by Gasteiger charge is -2.52. The molecule has 3 aliphatic heterocycles. The van der Waals surface area contributed by atoms with Crippen LogP contribution in [0.15, 0.2) is 24.3 Å². The number of nitrogens with zero attached hydrogens (tertiary/aromatic N) is 2. The van der Waals surface area contributed by atoms with Crippen molar-refractivity contribution in [2.24, 2.45) is 0 Å². The topological polar surface area (TPSA) is 32.3 Å². The summed E-state index contributed by atoms with van der Waals surface area (Å²) in [6.45, 7) is 8.68. The smallest absolute Gasteiger partial charge is 0.282 e. The van der Waals surface area contributed by atoms with E-state index in [1.165, 1.54) is 0 Å². The first-order valence-corrected chi connectivity index (χ1v) is 7.61. The van der Waals surface area contributed by atoms with Crippen LogP contribution in [0.5, 0.6) is 0 Å². The van der Waals surface area contributed by atoms with Crippen LogP contribution in [-0.4, -0.2) is 60.6 Å². The second kappa shape index (κ2) is 5.35. The maximum atomic E-state index is 12.5. The Morgan fingerprint density at radius 1 is 1.30 bits per heavy atom. The fraction of sp³-hybridized carbons (Fsp3) is 0.533. The van der Waals surface area contributed by atoms with Crippen molar-refractivity contribution < 1.29 is 9.28 Å². The second-order valence-corrected chi connectivity index (χ2v) is 6.34. The van der Waals surface area contributed by atoms with Crippen LogP contribution in [0.1, 0.15) is 6.92 Å². The summed E-state index contributed by atoms with van der Waals surface area (Å²) in [5.41, 5.74) is 0.781. The number of hydrogen-bond acceptors (Lipinski definition) is 2. The third kappa shape index (κ3) is 2.55. The van der Waals surface area contributed by atoms with E-state index in [9.17, 15) is 4.79 Å². The largest absolute Gasteiger partial charge is 0.321 e. The predicted octanol–water partition coefficient (Wildman–Crippen LogP) is 1.81. The predicted molar refractivity (Wildman–Crippen MR) is 80.8 cm³/mol. The molecule has 0 aliphatic carbocycles. The van der Waals surface area contributed by atoms with Gasteiger partial charge in [0, 0.05) is 30.3 Å². The van der Waals surface area contributed by atoms with E-state index in [1.54, 1.807) is 6.07 Å². The van der Waals surface area contributed by atoms with Gasteiger partial charge in [0.2, 0.25) is 0 Å². The van der Waals surface area contributed by atoms with Crippen LogP contribution in [-0.2, 0) is 4.79 Å². The molecule has 3 saturated heterocycles. The van der Waals surface area contributed by atoms with Crippen LogP contribution in [0.25, 0.3) is 0 Å². The highest BCUT2D eigenvalue weighted by molar-refractivity contribution is 6.30. The molecule has 1 aromatic rings. The number of rotatable bonds is 3. The molecule has 0 aromatic heterocycles. The van der Waals surface area contributed by atoms with Crippen LogP contribution >= 0.6 is 11.6 Å². The van der Waals surface area contributed by atoms with E-state index in [2.05, 4.69) is 17.1 Å². The van der Waals surface area contributed by atoms with E-state index in [0.717, 1.165) is 49.4 Å². The third-order valence-corrected chi connectivity index (χ3v) is 5.11. The number of hydrogen-bond donors (Lipinski definition) is 1. The highest BCUT2D eigenvalue weighted by Crippen LogP contribution is 2.24. The Hall–Kier alpha value is -1.10. The molecule has 3 fully saturated rings. The minimum Gasteiger partial charge on any atom is -0.321 e. The molecule has 0 radical (unpaired) electrons. The van der Waals surface area contributed by atoms with Crippen LogP contribution < -0.4 is 5.32 Å². The average molecular weight is 295 g/mol. The van der Waals surface area contributed by atoms with Crippen molar-refractivity contribution in [1.82, 2.24) is 4.90 Å². The van der Waals surface area contributed by atoms with E-state index < -0.39 is 0 Å². The number of fused-ring (bicyclic) bond motifs is 3. The van der Waals surface area contributed by atoms with Crippen LogP contribution in [0.3, 0.4) is 0 Å². The lowest BCUT2D eigenvalue weighted by atomic mass is 10.1. The van der Waals surface area contributed by atoms with Gasteiger partial charge in [0.05, 0.1) is 19.6 Å². The van der Waals surface area contributed by atoms with Crippen molar-refractivity contribution >= 4 is 23.2 Å². The lowest BCUT2D eigenvalue weighted by molar-refractivity contribution is -0.953. The van der Waals surface area contributed by atoms with E-state index >= 15 is 0 Å². The number of anilines is 1. The zero-order valence-corrected chi connectivity index (χ0v) is 12.6. The van der Waals surface area contributed by atoms with Crippen LogP contribution in [0.2, 0.25) is 5.02 Å². The molecule has 1 amide bonds. The van der Waals surface area contributed by atoms with Crippen molar-refractivity contribution in [3.8, 4) is 0 Å². The maximum absolute atomic E-state index is 12.5. The molecule has 108 valence electrons. The molecular weight excluding hydrogens is 274 g/mol. The molecule has 4 rings (SSSR count). The molecule has 5 heteroatoms. The van der Waals surface area contributed by atoms with Gasteiger partial charge in [0.15, 0.2) is 6.04 Å². The number of amides is 1. The summed E-state index contributed by atoms with van der Waals surface area (Å²) in [5, 5.41) is 3.65. The molecule has 20 heavy (non-hydrogen) atoms. The normalized spacial score (nSPS) is 30.0. The van der Waals surface area contributed by atoms with Gasteiger partial charge in [-0.2, -0.15) is 0 Å². The van der Waals surface area contributed by atoms with Crippen molar-refractivity contribution in [3.63, 3.8) is 0 Å². The Kier molecular flexibility index (Phi) is 3.71. The van der Waals surface area contributed by atoms with Crippen molar-refractivity contribution in [2.45, 2.75) is 13.0 Å². The van der Waals surface area contributed by atoms with Crippen LogP contribution in [0.4, 0.5) is 5.69 Å². The Balaban J connectivity index is 1.70. The molecule has 1 N–H and O–H groups in total. The lowest BCUT2D eigenvalue weighted by Crippen LogP contribution is -2.72. The zero-order chi connectivity index (χ0) is 14.2. The van der Waals surface area contributed by atoms with Gasteiger partial charge in [-0.1, -0.05) is 17.7 Å². The Labute approximate surface area is 124 Å². The summed E-state index contributed by atoms with van der Waals surface area (Å²) in [5.74, 6) is 0.0996. The van der Waals surface area contributed by atoms with Gasteiger partial charge in [-0.05, 0) is 25.1 Å². The van der Waals surface area contributed by atoms with Gasteiger partial charge in [-0.15, -0.1) is 0 Å². The number of carbonyl (C=O) groups is 1. The summed E-state index contributed by atoms with van der Waals surface area (Å²) in [4.78, 5) is 15.0. The summed E-state index contributed by atoms with van der Waals surface area (Å²) < 4.78 is 0.933. The number of benzene rings is 1. The summed E-state index contributed by atoms with van der Waals surface area (Å²) in [7, 11) is 0. The van der Waals surface area contributed by atoms with E-state index in [0.29, 0.717) is 5.02 Å². The van der Waals surface area contributed by atoms with Gasteiger partial charge < -0.3 is 9.80 Å². The van der Waals surface area contributed by atoms with Crippen molar-refractivity contribution in [3.05, 3.63) is 29.3 Å². The number of nitrogens with one attached hydrogen (secondary N) is 1. The summed E-state index contributed by atoms with van der Waals surface area (Å²) in [6.07, 6.45) is 0. The molecular formula is C15H21ClN3O+. The summed E-state index contributed by atoms with van der Waals surface area (Å²) >= 11 is 5.96. The minimum absolute atomic E-state index is 0.00330. The van der Waals surface area contributed by atoms with E-state index in [4.69, 9.17) is 11.6 Å². The third-order valence-electron chi connectivity index (χ3n) is 4.88. The fourth-order valence-corrected chi connectivity index (χ4v) is 3.53. The molecule has 0 saturated carbocycles. The van der Waals surface area contributed by atoms with Gasteiger partial charge in [0.1, 0.15) is 0 Å². The highest BCUT2D eigenvalue weighted by Gasteiger charge is 2.45. The fourth-order valence-electron chi connectivity index (χ4n) is 3.34. The van der Waals surface area contributed by atoms with Crippen molar-refractivity contribution in [2.75, 3.05) is 44.6 Å². The summed E-state index contributed by atoms with van der Waals surface area (Å²) in [6, 6.07) is 7.34. The van der Waals surface area contributed by atoms with Gasteiger partial charge in [0.25, 0.3) is 5.91 Å². The number of piperazine rings is 3. The first kappa shape index (κ1) is 13.9. The average Bonchev–Trinajstić information content (AvgIpc) is 2.48. The molecule has 2 bridgehead atoms. The Morgan fingerprint density at radius 3 is 2.55 bits per heavy atom. The maximum Gasteiger partial charge on any atom is 0.282 e. The van der Waals surface area contributed by atoms with E-state index in [1.807, 2.05) is 18.2 Å². The Bertz CT molecular complexity index is 498. The molecule has 3 aliphatic rings. The Morgan fingerprint density at radius 2 is 1.95 bits per heavy atom. The highest BCUT2D eigenvalue weighted by atomic mass is 35.5. The second-order valence-electron chi connectivity index (χ2n) is 5.91. The number of quaternary nitrogens is 1. The first-order valence-electron chi connectivity index (χ1n) is 7.24. The SMILES string of the molecule is C[C@H](C(=O)Nc1cccc(Cl)c1)[N+]12CCN(CC1)CC2. The molecule has 1 aromatic carbocycles. The first-order chi connectivity index (χ1) is 9.59. The molecule has 1 atom stereocenters. The number of halogens is 1. The van der Waals surface area contributed by atoms with Gasteiger partial charge in [-0.3, -0.25) is 9.69 Å². The van der Waals surface area contributed by atoms with Crippen molar-refractivity contribution in [1.29, 1.82) is 0 Å². The quantitative estimate of drug-likeness (QED) is 0.863. The minimum atomic E-state index is -0.00330. The van der Waals surface area contributed by atoms with Gasteiger partial charge >= 0.3 is 0 Å². The number of carbonyl (C=O) groups excluding carboxylic acids is 1. The zero-order valence-electron chi connectivity index (χ0n) is 11.8. The molecule has 0 spiro atoms. The molecule has 4 nitrogen and oxygen atoms in total. The van der Waals surface area contributed by atoms with E-state index in [-0.39, 0.29) is 11.9 Å². The van der Waals surface area contributed by atoms with Crippen LogP contribution in [0, 0.1) is 0 Å².